The summed E-state index contributed by atoms with van der Waals surface area (Å²) in [5.41, 5.74) is 15.7. The number of anilines is 1. The van der Waals surface area contributed by atoms with E-state index in [4.69, 9.17) is 17.2 Å². The molecule has 1 aromatic heterocycles. The molecule has 0 aliphatic carbocycles. The SMILES string of the molecule is C=C(N)c1c(C(N)=O)noc1N. The summed E-state index contributed by atoms with van der Waals surface area (Å²) in [5.74, 6) is -0.812. The van der Waals surface area contributed by atoms with Crippen molar-refractivity contribution in [2.24, 2.45) is 11.5 Å². The van der Waals surface area contributed by atoms with Gasteiger partial charge < -0.3 is 21.7 Å². The molecule has 0 aliphatic heterocycles. The van der Waals surface area contributed by atoms with Gasteiger partial charge >= 0.3 is 0 Å². The zero-order valence-corrected chi connectivity index (χ0v) is 6.20. The van der Waals surface area contributed by atoms with Crippen LogP contribution >= 0.6 is 0 Å². The minimum absolute atomic E-state index is 0.0590. The number of nitrogen functional groups attached to an aromatic ring is 1. The highest BCUT2D eigenvalue weighted by Crippen LogP contribution is 2.20. The molecule has 0 saturated heterocycles. The van der Waals surface area contributed by atoms with Gasteiger partial charge in [0, 0.05) is 5.70 Å². The van der Waals surface area contributed by atoms with Crippen LogP contribution in [0.25, 0.3) is 5.70 Å². The predicted molar refractivity (Wildman–Crippen MR) is 42.7 cm³/mol. The van der Waals surface area contributed by atoms with Crippen molar-refractivity contribution in [1.82, 2.24) is 5.16 Å². The molecule has 0 radical (unpaired) electrons. The average Bonchev–Trinajstić information content (AvgIpc) is 2.30. The molecule has 0 bridgehead atoms. The van der Waals surface area contributed by atoms with Crippen LogP contribution in [0.1, 0.15) is 16.1 Å². The Bertz CT molecular complexity index is 341. The fraction of sp³-hybridized carbons (Fsp3) is 0. The number of aromatic nitrogens is 1. The minimum Gasteiger partial charge on any atom is -0.398 e. The van der Waals surface area contributed by atoms with E-state index in [-0.39, 0.29) is 22.8 Å². The van der Waals surface area contributed by atoms with Crippen LogP contribution in [0.4, 0.5) is 5.88 Å². The summed E-state index contributed by atoms with van der Waals surface area (Å²) in [5, 5.41) is 3.32. The van der Waals surface area contributed by atoms with Crippen molar-refractivity contribution < 1.29 is 9.32 Å². The summed E-state index contributed by atoms with van der Waals surface area (Å²) in [7, 11) is 0. The summed E-state index contributed by atoms with van der Waals surface area (Å²) >= 11 is 0. The molecule has 64 valence electrons. The zero-order valence-electron chi connectivity index (χ0n) is 6.20. The van der Waals surface area contributed by atoms with Gasteiger partial charge in [0.15, 0.2) is 5.69 Å². The highest BCUT2D eigenvalue weighted by molar-refractivity contribution is 5.97. The first-order chi connectivity index (χ1) is 5.54. The minimum atomic E-state index is -0.753. The van der Waals surface area contributed by atoms with E-state index < -0.39 is 5.91 Å². The highest BCUT2D eigenvalue weighted by atomic mass is 16.5. The Kier molecular flexibility index (Phi) is 1.74. The third-order valence-corrected chi connectivity index (χ3v) is 1.27. The average molecular weight is 168 g/mol. The molecule has 0 spiro atoms. The van der Waals surface area contributed by atoms with E-state index in [1.165, 1.54) is 0 Å². The van der Waals surface area contributed by atoms with Crippen LogP contribution in [0, 0.1) is 0 Å². The van der Waals surface area contributed by atoms with E-state index in [2.05, 4.69) is 16.3 Å². The van der Waals surface area contributed by atoms with E-state index in [9.17, 15) is 4.79 Å². The standard InChI is InChI=1S/C6H8N4O2/c1-2(7)3-4(5(8)11)10-12-6(3)9/h1,7,9H2,(H2,8,11). The molecule has 1 heterocycles. The number of primary amides is 1. The zero-order chi connectivity index (χ0) is 9.30. The summed E-state index contributed by atoms with van der Waals surface area (Å²) < 4.78 is 4.50. The Morgan fingerprint density at radius 1 is 1.50 bits per heavy atom. The Morgan fingerprint density at radius 2 is 2.08 bits per heavy atom. The summed E-state index contributed by atoms with van der Waals surface area (Å²) in [4.78, 5) is 10.7. The lowest BCUT2D eigenvalue weighted by Gasteiger charge is -1.95. The van der Waals surface area contributed by atoms with E-state index in [0.717, 1.165) is 0 Å². The van der Waals surface area contributed by atoms with Crippen molar-refractivity contribution in [2.45, 2.75) is 0 Å². The first-order valence-electron chi connectivity index (χ1n) is 3.03. The predicted octanol–water partition coefficient (Wildman–Crippen LogP) is -0.715. The fourth-order valence-electron chi connectivity index (χ4n) is 0.781. The molecule has 0 unspecified atom stereocenters. The maximum atomic E-state index is 10.7. The monoisotopic (exact) mass is 168 g/mol. The largest absolute Gasteiger partial charge is 0.398 e. The Balaban J connectivity index is 3.31. The fourth-order valence-corrected chi connectivity index (χ4v) is 0.781. The molecular formula is C6H8N4O2. The number of carbonyl (C=O) groups excluding carboxylic acids is 1. The van der Waals surface area contributed by atoms with Crippen molar-refractivity contribution in [3.63, 3.8) is 0 Å². The molecule has 6 heteroatoms. The van der Waals surface area contributed by atoms with Crippen molar-refractivity contribution in [2.75, 3.05) is 5.73 Å². The Morgan fingerprint density at radius 3 is 2.42 bits per heavy atom. The Hall–Kier alpha value is -1.98. The number of amides is 1. The van der Waals surface area contributed by atoms with Crippen molar-refractivity contribution >= 4 is 17.5 Å². The van der Waals surface area contributed by atoms with E-state index in [0.29, 0.717) is 0 Å². The van der Waals surface area contributed by atoms with Crippen molar-refractivity contribution in [3.8, 4) is 0 Å². The lowest BCUT2D eigenvalue weighted by molar-refractivity contribution is 0.0991. The first-order valence-corrected chi connectivity index (χ1v) is 3.03. The van der Waals surface area contributed by atoms with Crippen LogP contribution in [-0.4, -0.2) is 11.1 Å². The second kappa shape index (κ2) is 2.57. The van der Waals surface area contributed by atoms with E-state index in [1.807, 2.05) is 0 Å². The second-order valence-electron chi connectivity index (χ2n) is 2.16. The van der Waals surface area contributed by atoms with Crippen LogP contribution in [0.2, 0.25) is 0 Å². The quantitative estimate of drug-likeness (QED) is 0.538. The number of hydrogen-bond donors (Lipinski definition) is 3. The molecule has 12 heavy (non-hydrogen) atoms. The lowest BCUT2D eigenvalue weighted by atomic mass is 10.2. The maximum absolute atomic E-state index is 10.7. The molecule has 0 aliphatic rings. The number of nitrogens with zero attached hydrogens (tertiary/aromatic N) is 1. The molecule has 6 N–H and O–H groups in total. The van der Waals surface area contributed by atoms with Crippen molar-refractivity contribution in [3.05, 3.63) is 17.8 Å². The normalized spacial score (nSPS) is 9.67. The lowest BCUT2D eigenvalue weighted by Crippen LogP contribution is -2.14. The van der Waals surface area contributed by atoms with Crippen LogP contribution in [0.15, 0.2) is 11.1 Å². The molecule has 1 amide bonds. The third-order valence-electron chi connectivity index (χ3n) is 1.27. The maximum Gasteiger partial charge on any atom is 0.271 e. The molecular weight excluding hydrogens is 160 g/mol. The molecule has 0 atom stereocenters. The summed E-state index contributed by atoms with van der Waals surface area (Å²) in [6, 6.07) is 0. The summed E-state index contributed by atoms with van der Waals surface area (Å²) in [6.45, 7) is 3.39. The van der Waals surface area contributed by atoms with Gasteiger partial charge in [-0.3, -0.25) is 4.79 Å². The molecule has 0 saturated carbocycles. The Labute approximate surface area is 68.0 Å². The van der Waals surface area contributed by atoms with Crippen molar-refractivity contribution in [1.29, 1.82) is 0 Å². The smallest absolute Gasteiger partial charge is 0.271 e. The molecule has 1 aromatic rings. The molecule has 0 aromatic carbocycles. The van der Waals surface area contributed by atoms with Gasteiger partial charge in [0.05, 0.1) is 5.56 Å². The number of nitrogens with two attached hydrogens (primary N) is 3. The molecule has 1 rings (SSSR count). The van der Waals surface area contributed by atoms with Crippen LogP contribution < -0.4 is 17.2 Å². The third kappa shape index (κ3) is 1.09. The first kappa shape index (κ1) is 8.12. The molecule has 6 nitrogen and oxygen atoms in total. The van der Waals surface area contributed by atoms with E-state index in [1.54, 1.807) is 0 Å². The van der Waals surface area contributed by atoms with Gasteiger partial charge in [-0.05, 0) is 0 Å². The van der Waals surface area contributed by atoms with Crippen LogP contribution in [-0.2, 0) is 0 Å². The molecule has 0 fully saturated rings. The number of hydrogen-bond acceptors (Lipinski definition) is 5. The van der Waals surface area contributed by atoms with Gasteiger partial charge in [-0.25, -0.2) is 0 Å². The number of rotatable bonds is 2. The second-order valence-corrected chi connectivity index (χ2v) is 2.16. The summed E-state index contributed by atoms with van der Waals surface area (Å²) in [6.07, 6.45) is 0. The van der Waals surface area contributed by atoms with Gasteiger partial charge in [-0.15, -0.1) is 0 Å². The van der Waals surface area contributed by atoms with Gasteiger partial charge in [-0.1, -0.05) is 11.7 Å². The van der Waals surface area contributed by atoms with Gasteiger partial charge in [0.2, 0.25) is 5.88 Å². The topological polar surface area (TPSA) is 121 Å². The van der Waals surface area contributed by atoms with E-state index >= 15 is 0 Å². The van der Waals surface area contributed by atoms with Gasteiger partial charge in [0.1, 0.15) is 0 Å². The van der Waals surface area contributed by atoms with Gasteiger partial charge in [0.25, 0.3) is 5.91 Å². The van der Waals surface area contributed by atoms with Crippen LogP contribution in [0.5, 0.6) is 0 Å². The number of carbonyl (C=O) groups is 1. The highest BCUT2D eigenvalue weighted by Gasteiger charge is 2.18. The van der Waals surface area contributed by atoms with Crippen LogP contribution in [0.3, 0.4) is 0 Å². The van der Waals surface area contributed by atoms with Gasteiger partial charge in [-0.2, -0.15) is 0 Å².